The molecule has 0 aliphatic carbocycles. The zero-order valence-electron chi connectivity index (χ0n) is 10.1. The van der Waals surface area contributed by atoms with Crippen molar-refractivity contribution in [2.24, 2.45) is 5.73 Å². The van der Waals surface area contributed by atoms with E-state index >= 15 is 0 Å². The molecule has 1 nitrogen and oxygen atoms in total. The average molecular weight is 229 g/mol. The minimum atomic E-state index is -0.162. The summed E-state index contributed by atoms with van der Waals surface area (Å²) in [5.74, 6) is -0.162. The van der Waals surface area contributed by atoms with E-state index in [9.17, 15) is 4.39 Å². The lowest BCUT2D eigenvalue weighted by atomic mass is 9.95. The first kappa shape index (κ1) is 11.8. The van der Waals surface area contributed by atoms with Crippen molar-refractivity contribution in [3.63, 3.8) is 0 Å². The normalized spacial score (nSPS) is 10.6. The number of hydrogen-bond donors (Lipinski definition) is 1. The third kappa shape index (κ3) is 2.22. The standard InChI is InChI=1S/C15H16FN/c1-10-8-12(9-17)6-7-13(10)14-4-3-5-15(16)11(14)2/h3-8H,9,17H2,1-2H3. The van der Waals surface area contributed by atoms with Crippen molar-refractivity contribution in [1.82, 2.24) is 0 Å². The van der Waals surface area contributed by atoms with Crippen LogP contribution in [0.3, 0.4) is 0 Å². The molecule has 0 spiro atoms. The molecular formula is C15H16FN. The van der Waals surface area contributed by atoms with Gasteiger partial charge >= 0.3 is 0 Å². The van der Waals surface area contributed by atoms with Gasteiger partial charge in [0.25, 0.3) is 0 Å². The maximum atomic E-state index is 13.5. The van der Waals surface area contributed by atoms with Gasteiger partial charge in [-0.2, -0.15) is 0 Å². The van der Waals surface area contributed by atoms with Crippen LogP contribution in [0, 0.1) is 19.7 Å². The Labute approximate surface area is 101 Å². The van der Waals surface area contributed by atoms with Crippen LogP contribution in [0.1, 0.15) is 16.7 Å². The highest BCUT2D eigenvalue weighted by atomic mass is 19.1. The molecule has 0 amide bonds. The van der Waals surface area contributed by atoms with Crippen LogP contribution in [0.25, 0.3) is 11.1 Å². The smallest absolute Gasteiger partial charge is 0.126 e. The molecule has 0 saturated heterocycles. The maximum absolute atomic E-state index is 13.5. The van der Waals surface area contributed by atoms with Gasteiger partial charge in [-0.05, 0) is 47.7 Å². The lowest BCUT2D eigenvalue weighted by Gasteiger charge is -2.11. The van der Waals surface area contributed by atoms with Gasteiger partial charge < -0.3 is 5.73 Å². The number of benzene rings is 2. The summed E-state index contributed by atoms with van der Waals surface area (Å²) in [5, 5.41) is 0. The monoisotopic (exact) mass is 229 g/mol. The van der Waals surface area contributed by atoms with Crippen molar-refractivity contribution >= 4 is 0 Å². The number of halogens is 1. The Kier molecular flexibility index (Phi) is 3.25. The van der Waals surface area contributed by atoms with Crippen molar-refractivity contribution in [3.8, 4) is 11.1 Å². The predicted octanol–water partition coefficient (Wildman–Crippen LogP) is 3.57. The van der Waals surface area contributed by atoms with Crippen LogP contribution in [0.2, 0.25) is 0 Å². The molecule has 0 aliphatic rings. The van der Waals surface area contributed by atoms with Gasteiger partial charge in [-0.25, -0.2) is 4.39 Å². The van der Waals surface area contributed by atoms with E-state index in [1.807, 2.05) is 25.1 Å². The van der Waals surface area contributed by atoms with Gasteiger partial charge in [0, 0.05) is 6.54 Å². The quantitative estimate of drug-likeness (QED) is 0.837. The molecule has 0 saturated carbocycles. The molecule has 0 fully saturated rings. The summed E-state index contributed by atoms with van der Waals surface area (Å²) in [5.41, 5.74) is 10.5. The van der Waals surface area contributed by atoms with E-state index in [-0.39, 0.29) is 5.82 Å². The Hall–Kier alpha value is -1.67. The van der Waals surface area contributed by atoms with E-state index in [4.69, 9.17) is 5.73 Å². The van der Waals surface area contributed by atoms with Gasteiger partial charge in [0.2, 0.25) is 0 Å². The molecule has 88 valence electrons. The first-order valence-corrected chi connectivity index (χ1v) is 5.68. The Morgan fingerprint density at radius 1 is 1.06 bits per heavy atom. The fourth-order valence-electron chi connectivity index (χ4n) is 2.05. The molecule has 0 aromatic heterocycles. The Morgan fingerprint density at radius 3 is 2.47 bits per heavy atom. The van der Waals surface area contributed by atoms with E-state index in [0.29, 0.717) is 12.1 Å². The second kappa shape index (κ2) is 4.68. The van der Waals surface area contributed by atoms with Crippen LogP contribution in [-0.2, 0) is 6.54 Å². The Balaban J connectivity index is 2.57. The summed E-state index contributed by atoms with van der Waals surface area (Å²) in [4.78, 5) is 0. The van der Waals surface area contributed by atoms with E-state index in [2.05, 4.69) is 6.07 Å². The van der Waals surface area contributed by atoms with Crippen LogP contribution < -0.4 is 5.73 Å². The van der Waals surface area contributed by atoms with E-state index < -0.39 is 0 Å². The summed E-state index contributed by atoms with van der Waals surface area (Å²) in [6.45, 7) is 4.36. The molecule has 0 radical (unpaired) electrons. The highest BCUT2D eigenvalue weighted by molar-refractivity contribution is 5.70. The van der Waals surface area contributed by atoms with Crippen molar-refractivity contribution in [1.29, 1.82) is 0 Å². The van der Waals surface area contributed by atoms with Crippen LogP contribution in [0.5, 0.6) is 0 Å². The minimum Gasteiger partial charge on any atom is -0.326 e. The highest BCUT2D eigenvalue weighted by Crippen LogP contribution is 2.28. The molecule has 2 aromatic carbocycles. The Bertz CT molecular complexity index is 547. The number of hydrogen-bond acceptors (Lipinski definition) is 1. The number of rotatable bonds is 2. The van der Waals surface area contributed by atoms with Crippen LogP contribution >= 0.6 is 0 Å². The highest BCUT2D eigenvalue weighted by Gasteiger charge is 2.08. The largest absolute Gasteiger partial charge is 0.326 e. The summed E-state index contributed by atoms with van der Waals surface area (Å²) >= 11 is 0. The van der Waals surface area contributed by atoms with Gasteiger partial charge in [0.05, 0.1) is 0 Å². The zero-order valence-corrected chi connectivity index (χ0v) is 10.1. The zero-order chi connectivity index (χ0) is 12.4. The first-order chi connectivity index (χ1) is 8.13. The van der Waals surface area contributed by atoms with Crippen molar-refractivity contribution in [3.05, 3.63) is 58.9 Å². The summed E-state index contributed by atoms with van der Waals surface area (Å²) in [6.07, 6.45) is 0. The predicted molar refractivity (Wildman–Crippen MR) is 69.2 cm³/mol. The fraction of sp³-hybridized carbons (Fsp3) is 0.200. The number of aryl methyl sites for hydroxylation is 1. The molecule has 0 unspecified atom stereocenters. The van der Waals surface area contributed by atoms with Crippen LogP contribution in [0.15, 0.2) is 36.4 Å². The second-order valence-electron chi connectivity index (χ2n) is 4.27. The van der Waals surface area contributed by atoms with Crippen LogP contribution in [-0.4, -0.2) is 0 Å². The topological polar surface area (TPSA) is 26.0 Å². The van der Waals surface area contributed by atoms with Gasteiger partial charge in [0.15, 0.2) is 0 Å². The third-order valence-electron chi connectivity index (χ3n) is 3.08. The molecule has 0 atom stereocenters. The van der Waals surface area contributed by atoms with E-state index in [1.165, 1.54) is 6.07 Å². The molecular weight excluding hydrogens is 213 g/mol. The van der Waals surface area contributed by atoms with Gasteiger partial charge in [0.1, 0.15) is 5.82 Å². The molecule has 2 rings (SSSR count). The molecule has 17 heavy (non-hydrogen) atoms. The lowest BCUT2D eigenvalue weighted by Crippen LogP contribution is -1.97. The van der Waals surface area contributed by atoms with E-state index in [0.717, 1.165) is 22.3 Å². The fourth-order valence-corrected chi connectivity index (χ4v) is 2.05. The lowest BCUT2D eigenvalue weighted by molar-refractivity contribution is 0.619. The number of nitrogens with two attached hydrogens (primary N) is 1. The Morgan fingerprint density at radius 2 is 1.82 bits per heavy atom. The van der Waals surface area contributed by atoms with Crippen molar-refractivity contribution in [2.75, 3.05) is 0 Å². The van der Waals surface area contributed by atoms with Crippen molar-refractivity contribution in [2.45, 2.75) is 20.4 Å². The van der Waals surface area contributed by atoms with Crippen molar-refractivity contribution < 1.29 is 4.39 Å². The van der Waals surface area contributed by atoms with Gasteiger partial charge in [-0.1, -0.05) is 30.3 Å². The molecule has 0 aliphatic heterocycles. The summed E-state index contributed by atoms with van der Waals surface area (Å²) in [7, 11) is 0. The minimum absolute atomic E-state index is 0.162. The molecule has 0 bridgehead atoms. The van der Waals surface area contributed by atoms with Gasteiger partial charge in [-0.3, -0.25) is 0 Å². The summed E-state index contributed by atoms with van der Waals surface area (Å²) < 4.78 is 13.5. The second-order valence-corrected chi connectivity index (χ2v) is 4.27. The molecule has 2 N–H and O–H groups in total. The maximum Gasteiger partial charge on any atom is 0.126 e. The van der Waals surface area contributed by atoms with Crippen LogP contribution in [0.4, 0.5) is 4.39 Å². The first-order valence-electron chi connectivity index (χ1n) is 5.68. The van der Waals surface area contributed by atoms with E-state index in [1.54, 1.807) is 13.0 Å². The molecule has 0 heterocycles. The average Bonchev–Trinajstić information content (AvgIpc) is 2.33. The van der Waals surface area contributed by atoms with Gasteiger partial charge in [-0.15, -0.1) is 0 Å². The summed E-state index contributed by atoms with van der Waals surface area (Å²) in [6, 6.07) is 11.2. The third-order valence-corrected chi connectivity index (χ3v) is 3.08. The molecule has 2 heteroatoms. The molecule has 2 aromatic rings. The SMILES string of the molecule is Cc1cc(CN)ccc1-c1cccc(F)c1C.